The van der Waals surface area contributed by atoms with Gasteiger partial charge in [0, 0.05) is 24.2 Å². The summed E-state index contributed by atoms with van der Waals surface area (Å²) in [6.07, 6.45) is 1.11. The van der Waals surface area contributed by atoms with Crippen molar-refractivity contribution in [3.63, 3.8) is 0 Å². The number of hydrogen-bond donors (Lipinski definition) is 1. The third-order valence-corrected chi connectivity index (χ3v) is 4.53. The Hall–Kier alpha value is -3.48. The van der Waals surface area contributed by atoms with E-state index in [0.29, 0.717) is 30.7 Å². The largest absolute Gasteiger partial charge is 0.451 e. The molecule has 2 aromatic carbocycles. The summed E-state index contributed by atoms with van der Waals surface area (Å²) in [7, 11) is 0. The summed E-state index contributed by atoms with van der Waals surface area (Å²) < 4.78 is 32.9. The number of nitrogens with zero attached hydrogens (tertiary/aromatic N) is 1. The molecule has 142 valence electrons. The van der Waals surface area contributed by atoms with Gasteiger partial charge in [-0.05, 0) is 61.0 Å². The zero-order valence-corrected chi connectivity index (χ0v) is 14.7. The Bertz CT molecular complexity index is 1040. The van der Waals surface area contributed by atoms with Crippen molar-refractivity contribution in [2.45, 2.75) is 12.8 Å². The number of benzene rings is 2. The monoisotopic (exact) mass is 382 g/mol. The molecule has 1 aliphatic heterocycles. The molecule has 2 heterocycles. The van der Waals surface area contributed by atoms with Crippen LogP contribution in [0.4, 0.5) is 20.2 Å². The maximum absolute atomic E-state index is 14.4. The Balaban J connectivity index is 1.49. The van der Waals surface area contributed by atoms with Gasteiger partial charge in [-0.1, -0.05) is 0 Å². The fourth-order valence-electron chi connectivity index (χ4n) is 3.13. The number of rotatable bonds is 4. The molecule has 5 nitrogen and oxygen atoms in total. The number of halogens is 2. The van der Waals surface area contributed by atoms with Gasteiger partial charge < -0.3 is 14.6 Å². The van der Waals surface area contributed by atoms with Crippen LogP contribution in [0.5, 0.6) is 0 Å². The lowest BCUT2D eigenvalue weighted by Gasteiger charge is -2.17. The number of carbonyl (C=O) groups is 2. The van der Waals surface area contributed by atoms with Gasteiger partial charge in [0.2, 0.25) is 5.91 Å². The number of hydrogen-bond acceptors (Lipinski definition) is 3. The smallest absolute Gasteiger partial charge is 0.291 e. The summed E-state index contributed by atoms with van der Waals surface area (Å²) in [6, 6.07) is 13.0. The van der Waals surface area contributed by atoms with E-state index < -0.39 is 11.7 Å². The summed E-state index contributed by atoms with van der Waals surface area (Å²) in [6.45, 7) is 0.486. The summed E-state index contributed by atoms with van der Waals surface area (Å²) in [5.41, 5.74) is 1.08. The average Bonchev–Trinajstić information content (AvgIpc) is 3.32. The molecule has 0 spiro atoms. The molecule has 1 N–H and O–H groups in total. The van der Waals surface area contributed by atoms with E-state index in [4.69, 9.17) is 4.42 Å². The van der Waals surface area contributed by atoms with Crippen molar-refractivity contribution in [1.29, 1.82) is 0 Å². The highest BCUT2D eigenvalue weighted by atomic mass is 19.1. The van der Waals surface area contributed by atoms with Crippen molar-refractivity contribution in [2.75, 3.05) is 16.8 Å². The molecular weight excluding hydrogens is 366 g/mol. The predicted octanol–water partition coefficient (Wildman–Crippen LogP) is 4.60. The minimum atomic E-state index is -0.584. The van der Waals surface area contributed by atoms with Gasteiger partial charge in [-0.2, -0.15) is 0 Å². The van der Waals surface area contributed by atoms with E-state index in [1.165, 1.54) is 41.3 Å². The first kappa shape index (κ1) is 17.9. The van der Waals surface area contributed by atoms with Crippen molar-refractivity contribution >= 4 is 23.2 Å². The molecular formula is C21H16F2N2O3. The summed E-state index contributed by atoms with van der Waals surface area (Å²) in [5.74, 6) is -1.15. The van der Waals surface area contributed by atoms with E-state index in [9.17, 15) is 18.4 Å². The molecule has 0 radical (unpaired) electrons. The van der Waals surface area contributed by atoms with Crippen LogP contribution in [0.15, 0.2) is 59.0 Å². The lowest BCUT2D eigenvalue weighted by Crippen LogP contribution is -2.24. The molecule has 7 heteroatoms. The van der Waals surface area contributed by atoms with E-state index >= 15 is 0 Å². The van der Waals surface area contributed by atoms with Crippen molar-refractivity contribution in [1.82, 2.24) is 0 Å². The van der Waals surface area contributed by atoms with Crippen LogP contribution in [0.1, 0.15) is 23.4 Å². The number of anilines is 2. The molecule has 4 rings (SSSR count). The molecule has 1 fully saturated rings. The highest BCUT2D eigenvalue weighted by Crippen LogP contribution is 2.27. The molecule has 0 saturated carbocycles. The zero-order chi connectivity index (χ0) is 19.7. The predicted molar refractivity (Wildman–Crippen MR) is 100 cm³/mol. The third kappa shape index (κ3) is 3.51. The van der Waals surface area contributed by atoms with Crippen LogP contribution in [-0.4, -0.2) is 18.4 Å². The van der Waals surface area contributed by atoms with Gasteiger partial charge in [0.1, 0.15) is 17.4 Å². The highest BCUT2D eigenvalue weighted by molar-refractivity contribution is 6.03. The van der Waals surface area contributed by atoms with E-state index in [1.54, 1.807) is 18.2 Å². The third-order valence-electron chi connectivity index (χ3n) is 4.53. The molecule has 1 saturated heterocycles. The zero-order valence-electron chi connectivity index (χ0n) is 14.7. The SMILES string of the molecule is O=C(Nc1ccc(N2CCCC2=O)c(F)c1)c1ccc(-c2ccc(F)cc2)o1. The van der Waals surface area contributed by atoms with Crippen molar-refractivity contribution < 1.29 is 22.8 Å². The van der Waals surface area contributed by atoms with Crippen molar-refractivity contribution in [3.05, 3.63) is 72.0 Å². The first-order chi connectivity index (χ1) is 13.5. The lowest BCUT2D eigenvalue weighted by molar-refractivity contribution is -0.117. The van der Waals surface area contributed by atoms with Gasteiger partial charge in [0.15, 0.2) is 5.76 Å². The van der Waals surface area contributed by atoms with Crippen LogP contribution in [0.25, 0.3) is 11.3 Å². The fourth-order valence-corrected chi connectivity index (χ4v) is 3.13. The Morgan fingerprint density at radius 1 is 1.04 bits per heavy atom. The minimum absolute atomic E-state index is 0.0403. The van der Waals surface area contributed by atoms with Crippen LogP contribution in [0.2, 0.25) is 0 Å². The second-order valence-corrected chi connectivity index (χ2v) is 6.44. The maximum atomic E-state index is 14.4. The van der Waals surface area contributed by atoms with Gasteiger partial charge in [-0.15, -0.1) is 0 Å². The Labute approximate surface area is 159 Å². The molecule has 1 aliphatic rings. The van der Waals surface area contributed by atoms with E-state index in [-0.39, 0.29) is 28.9 Å². The van der Waals surface area contributed by atoms with Crippen molar-refractivity contribution in [2.24, 2.45) is 0 Å². The molecule has 2 amide bonds. The van der Waals surface area contributed by atoms with E-state index in [2.05, 4.69) is 5.32 Å². The van der Waals surface area contributed by atoms with E-state index in [0.717, 1.165) is 0 Å². The van der Waals surface area contributed by atoms with Gasteiger partial charge in [-0.3, -0.25) is 9.59 Å². The Morgan fingerprint density at radius 2 is 1.82 bits per heavy atom. The topological polar surface area (TPSA) is 62.6 Å². The minimum Gasteiger partial charge on any atom is -0.451 e. The molecule has 28 heavy (non-hydrogen) atoms. The quantitative estimate of drug-likeness (QED) is 0.717. The highest BCUT2D eigenvalue weighted by Gasteiger charge is 2.24. The van der Waals surface area contributed by atoms with Gasteiger partial charge in [0.25, 0.3) is 5.91 Å². The van der Waals surface area contributed by atoms with Crippen LogP contribution in [0, 0.1) is 11.6 Å². The Kier molecular flexibility index (Phi) is 4.65. The number of amides is 2. The van der Waals surface area contributed by atoms with Crippen molar-refractivity contribution in [3.8, 4) is 11.3 Å². The maximum Gasteiger partial charge on any atom is 0.291 e. The first-order valence-corrected chi connectivity index (χ1v) is 8.78. The molecule has 0 aliphatic carbocycles. The first-order valence-electron chi connectivity index (χ1n) is 8.78. The average molecular weight is 382 g/mol. The molecule has 3 aromatic rings. The fraction of sp³-hybridized carbons (Fsp3) is 0.143. The normalized spacial score (nSPS) is 13.8. The number of nitrogens with one attached hydrogen (secondary N) is 1. The van der Waals surface area contributed by atoms with E-state index in [1.807, 2.05) is 0 Å². The van der Waals surface area contributed by atoms with Crippen LogP contribution >= 0.6 is 0 Å². The second-order valence-electron chi connectivity index (χ2n) is 6.44. The lowest BCUT2D eigenvalue weighted by atomic mass is 10.2. The van der Waals surface area contributed by atoms with Crippen LogP contribution in [-0.2, 0) is 4.79 Å². The molecule has 1 aromatic heterocycles. The summed E-state index contributed by atoms with van der Waals surface area (Å²) >= 11 is 0. The number of carbonyl (C=O) groups excluding carboxylic acids is 2. The van der Waals surface area contributed by atoms with Gasteiger partial charge >= 0.3 is 0 Å². The van der Waals surface area contributed by atoms with Gasteiger partial charge in [0.05, 0.1) is 5.69 Å². The van der Waals surface area contributed by atoms with Gasteiger partial charge in [-0.25, -0.2) is 8.78 Å². The van der Waals surface area contributed by atoms with Crippen LogP contribution < -0.4 is 10.2 Å². The summed E-state index contributed by atoms with van der Waals surface area (Å²) in [5, 5.41) is 2.57. The molecule has 0 unspecified atom stereocenters. The Morgan fingerprint density at radius 3 is 2.50 bits per heavy atom. The standard InChI is InChI=1S/C21H16F2N2O3/c22-14-5-3-13(4-6-14)18-9-10-19(28-18)21(27)24-15-7-8-17(16(23)12-15)25-11-1-2-20(25)26/h3-10,12H,1-2,11H2,(H,24,27). The number of furan rings is 1. The molecule has 0 atom stereocenters. The molecule has 0 bridgehead atoms. The summed E-state index contributed by atoms with van der Waals surface area (Å²) in [4.78, 5) is 25.5. The van der Waals surface area contributed by atoms with Crippen LogP contribution in [0.3, 0.4) is 0 Å². The second kappa shape index (κ2) is 7.26.